The number of ether oxygens (including phenoxy) is 1. The lowest BCUT2D eigenvalue weighted by Gasteiger charge is -2.32. The van der Waals surface area contributed by atoms with Crippen LogP contribution in [0.4, 0.5) is 8.78 Å². The Hall–Kier alpha value is -2.34. The molecular formula is C22H24F2N2O5S2. The summed E-state index contributed by atoms with van der Waals surface area (Å²) in [6.45, 7) is -2.51. The quantitative estimate of drug-likeness (QED) is 0.632. The maximum absolute atomic E-state index is 13.2. The molecule has 11 heteroatoms. The molecule has 0 amide bonds. The van der Waals surface area contributed by atoms with E-state index in [0.717, 1.165) is 5.56 Å². The van der Waals surface area contributed by atoms with Crippen LogP contribution in [0.1, 0.15) is 30.4 Å². The molecule has 1 aliphatic heterocycles. The molecule has 0 atom stereocenters. The van der Waals surface area contributed by atoms with Crippen molar-refractivity contribution in [1.82, 2.24) is 9.03 Å². The highest BCUT2D eigenvalue weighted by Gasteiger charge is 2.33. The molecule has 0 bridgehead atoms. The molecule has 4 rings (SSSR count). The number of alkyl halides is 2. The first-order valence-corrected chi connectivity index (χ1v) is 13.4. The Morgan fingerprint density at radius 2 is 1.67 bits per heavy atom. The van der Waals surface area contributed by atoms with Crippen LogP contribution in [0.5, 0.6) is 5.75 Å². The number of allylic oxidation sites excluding steroid dienone is 1. The van der Waals surface area contributed by atoms with Crippen molar-refractivity contribution in [2.24, 2.45) is 0 Å². The van der Waals surface area contributed by atoms with Gasteiger partial charge in [0.15, 0.2) is 0 Å². The van der Waals surface area contributed by atoms with Crippen LogP contribution in [0.25, 0.3) is 6.08 Å². The van der Waals surface area contributed by atoms with Crippen LogP contribution < -0.4 is 9.46 Å². The van der Waals surface area contributed by atoms with Gasteiger partial charge in [0, 0.05) is 19.1 Å². The number of nitrogens with zero attached hydrogens (tertiary/aromatic N) is 1. The Kier molecular flexibility index (Phi) is 6.85. The number of piperidine rings is 1. The van der Waals surface area contributed by atoms with Gasteiger partial charge in [0.25, 0.3) is 0 Å². The number of nitrogens with one attached hydrogen (secondary N) is 1. The first-order valence-electron chi connectivity index (χ1n) is 10.5. The van der Waals surface area contributed by atoms with Gasteiger partial charge in [-0.1, -0.05) is 24.3 Å². The lowest BCUT2D eigenvalue weighted by Crippen LogP contribution is -2.46. The van der Waals surface area contributed by atoms with E-state index in [1.165, 1.54) is 28.6 Å². The van der Waals surface area contributed by atoms with Crippen molar-refractivity contribution in [3.8, 4) is 5.75 Å². The van der Waals surface area contributed by atoms with Gasteiger partial charge in [-0.25, -0.2) is 21.6 Å². The van der Waals surface area contributed by atoms with Gasteiger partial charge in [-0.15, -0.1) is 0 Å². The smallest absolute Gasteiger partial charge is 0.387 e. The highest BCUT2D eigenvalue weighted by Crippen LogP contribution is 2.32. The number of fused-ring (bicyclic) bond motifs is 1. The zero-order valence-corrected chi connectivity index (χ0v) is 19.3. The lowest BCUT2D eigenvalue weighted by molar-refractivity contribution is -0.0498. The monoisotopic (exact) mass is 498 g/mol. The average Bonchev–Trinajstić information content (AvgIpc) is 2.79. The van der Waals surface area contributed by atoms with Crippen molar-refractivity contribution in [3.63, 3.8) is 0 Å². The summed E-state index contributed by atoms with van der Waals surface area (Å²) in [5.74, 6) is 0.0449. The summed E-state index contributed by atoms with van der Waals surface area (Å²) >= 11 is 0. The van der Waals surface area contributed by atoms with Crippen molar-refractivity contribution in [3.05, 3.63) is 64.6 Å². The van der Waals surface area contributed by atoms with Crippen molar-refractivity contribution in [1.29, 1.82) is 0 Å². The third-order valence-electron chi connectivity index (χ3n) is 5.80. The summed E-state index contributed by atoms with van der Waals surface area (Å²) in [4.78, 5) is 0.439. The minimum absolute atomic E-state index is 0.0449. The molecule has 33 heavy (non-hydrogen) atoms. The predicted octanol–water partition coefficient (Wildman–Crippen LogP) is 3.35. The Morgan fingerprint density at radius 1 is 0.970 bits per heavy atom. The molecule has 0 aromatic heterocycles. The molecule has 7 nitrogen and oxygen atoms in total. The maximum atomic E-state index is 13.2. The normalized spacial score (nSPS) is 18.1. The van der Waals surface area contributed by atoms with Gasteiger partial charge in [0.1, 0.15) is 5.75 Å². The summed E-state index contributed by atoms with van der Waals surface area (Å²) in [5.41, 5.74) is 1.41. The fourth-order valence-corrected chi connectivity index (χ4v) is 7.07. The first-order chi connectivity index (χ1) is 15.6. The van der Waals surface area contributed by atoms with E-state index < -0.39 is 26.7 Å². The van der Waals surface area contributed by atoms with Crippen LogP contribution in [0.3, 0.4) is 0 Å². The fourth-order valence-electron chi connectivity index (χ4n) is 4.09. The Morgan fingerprint density at radius 3 is 2.33 bits per heavy atom. The van der Waals surface area contributed by atoms with Gasteiger partial charge in [0.2, 0.25) is 20.0 Å². The number of hydrogen-bond donors (Lipinski definition) is 1. The lowest BCUT2D eigenvalue weighted by atomic mass is 9.97. The molecule has 1 aliphatic carbocycles. The Labute approximate surface area is 192 Å². The van der Waals surface area contributed by atoms with Crippen molar-refractivity contribution < 1.29 is 30.4 Å². The highest BCUT2D eigenvalue weighted by atomic mass is 32.2. The summed E-state index contributed by atoms with van der Waals surface area (Å²) in [5, 5.41) is 0. The zero-order valence-electron chi connectivity index (χ0n) is 17.7. The average molecular weight is 499 g/mol. The maximum Gasteiger partial charge on any atom is 0.387 e. The number of halogens is 2. The summed E-state index contributed by atoms with van der Waals surface area (Å²) in [7, 11) is -7.37. The van der Waals surface area contributed by atoms with E-state index in [9.17, 15) is 25.6 Å². The van der Waals surface area contributed by atoms with Crippen molar-refractivity contribution >= 4 is 26.1 Å². The van der Waals surface area contributed by atoms with Gasteiger partial charge in [-0.05, 0) is 67.2 Å². The molecular weight excluding hydrogens is 474 g/mol. The molecule has 2 aromatic carbocycles. The third kappa shape index (κ3) is 5.43. The molecule has 2 aromatic rings. The zero-order chi connectivity index (χ0) is 23.6. The number of rotatable bonds is 7. The Bertz CT molecular complexity index is 1240. The van der Waals surface area contributed by atoms with Gasteiger partial charge in [0.05, 0.1) is 9.80 Å². The largest absolute Gasteiger partial charge is 0.435 e. The Balaban J connectivity index is 1.42. The van der Waals surface area contributed by atoms with Gasteiger partial charge >= 0.3 is 6.61 Å². The SMILES string of the molecule is O=S(=O)(NC1CCN(S(=O)(=O)C2=Cc3ccc(OC(F)F)cc3CC2)CC1)c1ccccc1. The van der Waals surface area contributed by atoms with Crippen LogP contribution in [0.15, 0.2) is 58.3 Å². The molecule has 1 N–H and O–H groups in total. The number of sulfonamides is 2. The van der Waals surface area contributed by atoms with Crippen LogP contribution in [0.2, 0.25) is 0 Å². The van der Waals surface area contributed by atoms with E-state index in [1.54, 1.807) is 30.3 Å². The van der Waals surface area contributed by atoms with E-state index in [2.05, 4.69) is 9.46 Å². The van der Waals surface area contributed by atoms with Gasteiger partial charge in [-0.3, -0.25) is 0 Å². The number of benzene rings is 2. The standard InChI is InChI=1S/C22H24F2N2O5S2/c23-22(24)31-19-8-6-17-15-21(9-7-16(17)14-19)33(29,30)26-12-10-18(11-13-26)25-32(27,28)20-4-2-1-3-5-20/h1-6,8,14-15,18,22,25H,7,9-13H2. The van der Waals surface area contributed by atoms with Crippen LogP contribution >= 0.6 is 0 Å². The second-order valence-corrected chi connectivity index (χ2v) is 11.7. The molecule has 0 saturated carbocycles. The van der Waals surface area contributed by atoms with Crippen LogP contribution in [-0.2, 0) is 26.5 Å². The van der Waals surface area contributed by atoms with E-state index in [-0.39, 0.29) is 41.1 Å². The predicted molar refractivity (Wildman–Crippen MR) is 120 cm³/mol. The molecule has 2 aliphatic rings. The second kappa shape index (κ2) is 9.49. The molecule has 1 heterocycles. The fraction of sp³-hybridized carbons (Fsp3) is 0.364. The number of aryl methyl sites for hydroxylation is 1. The topological polar surface area (TPSA) is 92.8 Å². The molecule has 178 valence electrons. The van der Waals surface area contributed by atoms with E-state index >= 15 is 0 Å². The summed E-state index contributed by atoms with van der Waals surface area (Å²) < 4.78 is 84.7. The molecule has 0 unspecified atom stereocenters. The van der Waals surface area contributed by atoms with Crippen molar-refractivity contribution in [2.45, 2.75) is 43.2 Å². The minimum atomic E-state index is -3.71. The van der Waals surface area contributed by atoms with Crippen LogP contribution in [-0.4, -0.2) is 46.9 Å². The van der Waals surface area contributed by atoms with Gasteiger partial charge in [-0.2, -0.15) is 13.1 Å². The first kappa shape index (κ1) is 23.8. The third-order valence-corrected chi connectivity index (χ3v) is 9.36. The van der Waals surface area contributed by atoms with Crippen molar-refractivity contribution in [2.75, 3.05) is 13.1 Å². The second-order valence-electron chi connectivity index (χ2n) is 7.96. The highest BCUT2D eigenvalue weighted by molar-refractivity contribution is 7.93. The molecule has 0 spiro atoms. The molecule has 1 saturated heterocycles. The van der Waals surface area contributed by atoms with Crippen LogP contribution in [0, 0.1) is 0 Å². The minimum Gasteiger partial charge on any atom is -0.435 e. The van der Waals surface area contributed by atoms with Gasteiger partial charge < -0.3 is 4.74 Å². The summed E-state index contributed by atoms with van der Waals surface area (Å²) in [6, 6.07) is 12.2. The molecule has 1 fully saturated rings. The molecule has 0 radical (unpaired) electrons. The summed E-state index contributed by atoms with van der Waals surface area (Å²) in [6.07, 6.45) is 2.96. The number of hydrogen-bond acceptors (Lipinski definition) is 5. The van der Waals surface area contributed by atoms with E-state index in [1.807, 2.05) is 0 Å². The van der Waals surface area contributed by atoms with E-state index in [4.69, 9.17) is 0 Å². The van der Waals surface area contributed by atoms with E-state index in [0.29, 0.717) is 24.8 Å².